The second-order valence-electron chi connectivity index (χ2n) is 5.44. The molecule has 1 aromatic rings. The number of rotatable bonds is 2. The van der Waals surface area contributed by atoms with E-state index in [1.165, 1.54) is 0 Å². The molecule has 3 nitrogen and oxygen atoms in total. The highest BCUT2D eigenvalue weighted by atomic mass is 16.1. The number of hydrogen-bond donors (Lipinski definition) is 0. The van der Waals surface area contributed by atoms with E-state index < -0.39 is 0 Å². The Kier molecular flexibility index (Phi) is 3.83. The lowest BCUT2D eigenvalue weighted by molar-refractivity contribution is 0.0685. The zero-order valence-electron chi connectivity index (χ0n) is 11.7. The molecule has 0 aromatic heterocycles. The normalized spacial score (nSPS) is 22.1. The van der Waals surface area contributed by atoms with Crippen LogP contribution in [0.2, 0.25) is 0 Å². The summed E-state index contributed by atoms with van der Waals surface area (Å²) in [4.78, 5) is 17.1. The smallest absolute Gasteiger partial charge is 0.181 e. The first-order valence-electron chi connectivity index (χ1n) is 6.49. The number of aryl methyl sites for hydroxylation is 2. The largest absolute Gasteiger partial charge is 0.303 e. The van der Waals surface area contributed by atoms with Gasteiger partial charge in [0.25, 0.3) is 0 Å². The Hall–Kier alpha value is -1.19. The van der Waals surface area contributed by atoms with Gasteiger partial charge in [-0.3, -0.25) is 9.69 Å². The topological polar surface area (TPSA) is 23.6 Å². The molecule has 0 N–H and O–H groups in total. The first-order valence-corrected chi connectivity index (χ1v) is 6.49. The molecule has 18 heavy (non-hydrogen) atoms. The van der Waals surface area contributed by atoms with Crippen molar-refractivity contribution in [1.82, 2.24) is 9.80 Å². The number of hydrogen-bond acceptors (Lipinski definition) is 3. The van der Waals surface area contributed by atoms with Crippen molar-refractivity contribution < 1.29 is 4.79 Å². The molecule has 1 heterocycles. The zero-order valence-corrected chi connectivity index (χ0v) is 11.7. The molecule has 0 radical (unpaired) electrons. The minimum Gasteiger partial charge on any atom is -0.303 e. The van der Waals surface area contributed by atoms with Gasteiger partial charge in [0.2, 0.25) is 0 Å². The molecule has 0 saturated carbocycles. The fourth-order valence-corrected chi connectivity index (χ4v) is 2.47. The SMILES string of the molecule is Cc1ccc(C)c(C(=O)C2CN(C)CCN2C)c1. The zero-order chi connectivity index (χ0) is 13.3. The molecule has 1 aromatic carbocycles. The Balaban J connectivity index is 2.27. The van der Waals surface area contributed by atoms with Crippen molar-refractivity contribution in [2.45, 2.75) is 19.9 Å². The number of nitrogens with zero attached hydrogens (tertiary/aromatic N) is 2. The molecule has 0 spiro atoms. The Morgan fingerprint density at radius 1 is 1.22 bits per heavy atom. The molecule has 0 bridgehead atoms. The quantitative estimate of drug-likeness (QED) is 0.743. The second-order valence-corrected chi connectivity index (χ2v) is 5.44. The molecule has 0 aliphatic carbocycles. The summed E-state index contributed by atoms with van der Waals surface area (Å²) in [5.74, 6) is 0.255. The van der Waals surface area contributed by atoms with Crippen LogP contribution in [0, 0.1) is 13.8 Å². The lowest BCUT2D eigenvalue weighted by Crippen LogP contribution is -2.53. The van der Waals surface area contributed by atoms with E-state index in [2.05, 4.69) is 22.9 Å². The van der Waals surface area contributed by atoms with Crippen molar-refractivity contribution in [2.75, 3.05) is 33.7 Å². The summed E-state index contributed by atoms with van der Waals surface area (Å²) in [6.07, 6.45) is 0. The highest BCUT2D eigenvalue weighted by Gasteiger charge is 2.29. The highest BCUT2D eigenvalue weighted by Crippen LogP contribution is 2.17. The Morgan fingerprint density at radius 2 is 1.94 bits per heavy atom. The van der Waals surface area contributed by atoms with Gasteiger partial charge >= 0.3 is 0 Å². The van der Waals surface area contributed by atoms with Gasteiger partial charge in [-0.05, 0) is 39.6 Å². The number of likely N-dealkylation sites (N-methyl/N-ethyl adjacent to an activating group) is 2. The monoisotopic (exact) mass is 246 g/mol. The average molecular weight is 246 g/mol. The molecule has 1 saturated heterocycles. The number of ketones is 1. The van der Waals surface area contributed by atoms with Gasteiger partial charge in [0.1, 0.15) is 0 Å². The third-order valence-corrected chi connectivity index (χ3v) is 3.81. The van der Waals surface area contributed by atoms with Crippen molar-refractivity contribution in [2.24, 2.45) is 0 Å². The van der Waals surface area contributed by atoms with Gasteiger partial charge in [0.05, 0.1) is 6.04 Å². The van der Waals surface area contributed by atoms with E-state index in [1.54, 1.807) is 0 Å². The van der Waals surface area contributed by atoms with Crippen LogP contribution in [-0.4, -0.2) is 55.4 Å². The number of carbonyl (C=O) groups excluding carboxylic acids is 1. The molecule has 98 valence electrons. The summed E-state index contributed by atoms with van der Waals surface area (Å²) < 4.78 is 0. The van der Waals surface area contributed by atoms with Crippen LogP contribution in [0.5, 0.6) is 0 Å². The molecular formula is C15H22N2O. The Bertz CT molecular complexity index is 456. The van der Waals surface area contributed by atoms with Crippen LogP contribution in [0.3, 0.4) is 0 Å². The van der Waals surface area contributed by atoms with Crippen LogP contribution in [-0.2, 0) is 0 Å². The van der Waals surface area contributed by atoms with Crippen molar-refractivity contribution in [1.29, 1.82) is 0 Å². The highest BCUT2D eigenvalue weighted by molar-refractivity contribution is 6.01. The summed E-state index contributed by atoms with van der Waals surface area (Å²) in [6, 6.07) is 6.10. The minimum atomic E-state index is -0.00995. The van der Waals surface area contributed by atoms with Crippen LogP contribution in [0.4, 0.5) is 0 Å². The van der Waals surface area contributed by atoms with Gasteiger partial charge in [0, 0.05) is 25.2 Å². The molecule has 0 amide bonds. The predicted octanol–water partition coefficient (Wildman–Crippen LogP) is 1.73. The van der Waals surface area contributed by atoms with Gasteiger partial charge in [-0.15, -0.1) is 0 Å². The molecule has 1 aliphatic rings. The first kappa shape index (κ1) is 13.2. The fourth-order valence-electron chi connectivity index (χ4n) is 2.47. The lowest BCUT2D eigenvalue weighted by Gasteiger charge is -2.36. The molecule has 1 aliphatic heterocycles. The molecule has 3 heteroatoms. The van der Waals surface area contributed by atoms with E-state index in [-0.39, 0.29) is 11.8 Å². The van der Waals surface area contributed by atoms with Crippen molar-refractivity contribution >= 4 is 5.78 Å². The third-order valence-electron chi connectivity index (χ3n) is 3.81. The maximum absolute atomic E-state index is 12.7. The summed E-state index contributed by atoms with van der Waals surface area (Å²) >= 11 is 0. The van der Waals surface area contributed by atoms with Gasteiger partial charge in [-0.2, -0.15) is 0 Å². The maximum Gasteiger partial charge on any atom is 0.181 e. The Morgan fingerprint density at radius 3 is 2.67 bits per heavy atom. The van der Waals surface area contributed by atoms with Crippen LogP contribution in [0.15, 0.2) is 18.2 Å². The van der Waals surface area contributed by atoms with Crippen molar-refractivity contribution in [3.8, 4) is 0 Å². The molecule has 2 rings (SSSR count). The van der Waals surface area contributed by atoms with Crippen LogP contribution < -0.4 is 0 Å². The number of benzene rings is 1. The van der Waals surface area contributed by atoms with E-state index in [0.717, 1.165) is 36.3 Å². The van der Waals surface area contributed by atoms with E-state index >= 15 is 0 Å². The molecule has 1 fully saturated rings. The molecule has 1 atom stereocenters. The van der Waals surface area contributed by atoms with Gasteiger partial charge in [0.15, 0.2) is 5.78 Å². The van der Waals surface area contributed by atoms with E-state index in [1.807, 2.05) is 33.0 Å². The summed E-state index contributed by atoms with van der Waals surface area (Å²) in [5, 5.41) is 0. The maximum atomic E-state index is 12.7. The van der Waals surface area contributed by atoms with Gasteiger partial charge in [-0.25, -0.2) is 0 Å². The van der Waals surface area contributed by atoms with Crippen molar-refractivity contribution in [3.63, 3.8) is 0 Å². The molecular weight excluding hydrogens is 224 g/mol. The number of carbonyl (C=O) groups is 1. The predicted molar refractivity (Wildman–Crippen MR) is 74.2 cm³/mol. The number of Topliss-reactive ketones (excluding diaryl/α,β-unsaturated/α-hetero) is 1. The summed E-state index contributed by atoms with van der Waals surface area (Å²) in [7, 11) is 4.12. The van der Waals surface area contributed by atoms with Crippen LogP contribution in [0.1, 0.15) is 21.5 Å². The van der Waals surface area contributed by atoms with E-state index in [0.29, 0.717) is 0 Å². The van der Waals surface area contributed by atoms with Crippen LogP contribution in [0.25, 0.3) is 0 Å². The van der Waals surface area contributed by atoms with Crippen molar-refractivity contribution in [3.05, 3.63) is 34.9 Å². The summed E-state index contributed by atoms with van der Waals surface area (Å²) in [5.41, 5.74) is 3.10. The van der Waals surface area contributed by atoms with Gasteiger partial charge < -0.3 is 4.90 Å². The number of piperazine rings is 1. The third kappa shape index (κ3) is 2.62. The summed E-state index contributed by atoms with van der Waals surface area (Å²) in [6.45, 7) is 6.86. The fraction of sp³-hybridized carbons (Fsp3) is 0.533. The lowest BCUT2D eigenvalue weighted by atomic mass is 9.96. The second kappa shape index (κ2) is 5.21. The van der Waals surface area contributed by atoms with Crippen LogP contribution >= 0.6 is 0 Å². The van der Waals surface area contributed by atoms with E-state index in [4.69, 9.17) is 0 Å². The molecule has 1 unspecified atom stereocenters. The average Bonchev–Trinajstić information content (AvgIpc) is 2.34. The standard InChI is InChI=1S/C15H22N2O/c1-11-5-6-12(2)13(9-11)15(18)14-10-16(3)7-8-17(14)4/h5-6,9,14H,7-8,10H2,1-4H3. The first-order chi connectivity index (χ1) is 8.49. The Labute approximate surface area is 109 Å². The van der Waals surface area contributed by atoms with Gasteiger partial charge in [-0.1, -0.05) is 17.7 Å². The minimum absolute atomic E-state index is 0.00995. The van der Waals surface area contributed by atoms with E-state index in [9.17, 15) is 4.79 Å².